The highest BCUT2D eigenvalue weighted by Gasteiger charge is 2.13. The van der Waals surface area contributed by atoms with Crippen molar-refractivity contribution >= 4 is 17.5 Å². The van der Waals surface area contributed by atoms with Crippen molar-refractivity contribution in [1.82, 2.24) is 5.32 Å². The Morgan fingerprint density at radius 2 is 1.48 bits per heavy atom. The lowest BCUT2D eigenvalue weighted by Gasteiger charge is -2.12. The van der Waals surface area contributed by atoms with Crippen LogP contribution in [0.3, 0.4) is 0 Å². The Morgan fingerprint density at radius 3 is 2.24 bits per heavy atom. The minimum atomic E-state index is -0.203. The van der Waals surface area contributed by atoms with Gasteiger partial charge in [-0.3, -0.25) is 9.59 Å². The smallest absolute Gasteiger partial charge is 0.253 e. The van der Waals surface area contributed by atoms with E-state index in [1.807, 2.05) is 55.5 Å². The average Bonchev–Trinajstić information content (AvgIpc) is 2.74. The van der Waals surface area contributed by atoms with Crippen LogP contribution < -0.4 is 10.6 Å². The molecule has 29 heavy (non-hydrogen) atoms. The van der Waals surface area contributed by atoms with Crippen LogP contribution in [0.2, 0.25) is 0 Å². The van der Waals surface area contributed by atoms with Crippen molar-refractivity contribution in [1.29, 1.82) is 0 Å². The van der Waals surface area contributed by atoms with Gasteiger partial charge in [-0.1, -0.05) is 72.3 Å². The van der Waals surface area contributed by atoms with Gasteiger partial charge in [-0.25, -0.2) is 0 Å². The molecule has 0 heterocycles. The second-order valence-corrected chi connectivity index (χ2v) is 7.10. The third-order valence-electron chi connectivity index (χ3n) is 4.73. The zero-order valence-electron chi connectivity index (χ0n) is 16.7. The van der Waals surface area contributed by atoms with Gasteiger partial charge in [0, 0.05) is 13.0 Å². The molecule has 0 saturated carbocycles. The fraction of sp³-hybridized carbons (Fsp3) is 0.200. The van der Waals surface area contributed by atoms with E-state index in [9.17, 15) is 9.59 Å². The van der Waals surface area contributed by atoms with E-state index in [2.05, 4.69) is 22.8 Å². The summed E-state index contributed by atoms with van der Waals surface area (Å²) >= 11 is 0. The van der Waals surface area contributed by atoms with Gasteiger partial charge in [0.1, 0.15) is 0 Å². The minimum Gasteiger partial charge on any atom is -0.348 e. The van der Waals surface area contributed by atoms with Gasteiger partial charge in [-0.15, -0.1) is 0 Å². The lowest BCUT2D eigenvalue weighted by atomic mass is 10.1. The van der Waals surface area contributed by atoms with Crippen molar-refractivity contribution < 1.29 is 9.59 Å². The van der Waals surface area contributed by atoms with Gasteiger partial charge < -0.3 is 10.6 Å². The molecular weight excluding hydrogens is 360 g/mol. The molecule has 3 rings (SSSR count). The lowest BCUT2D eigenvalue weighted by molar-refractivity contribution is -0.116. The second kappa shape index (κ2) is 10.2. The first kappa shape index (κ1) is 20.3. The Balaban J connectivity index is 1.54. The van der Waals surface area contributed by atoms with Gasteiger partial charge in [0.2, 0.25) is 5.91 Å². The molecule has 0 aliphatic rings. The molecule has 0 aliphatic heterocycles. The molecule has 0 bridgehead atoms. The van der Waals surface area contributed by atoms with Gasteiger partial charge in [0.25, 0.3) is 5.91 Å². The van der Waals surface area contributed by atoms with Gasteiger partial charge in [0.05, 0.1) is 11.3 Å². The summed E-state index contributed by atoms with van der Waals surface area (Å²) in [5.74, 6) is -0.287. The lowest BCUT2D eigenvalue weighted by Crippen LogP contribution is -2.24. The maximum Gasteiger partial charge on any atom is 0.253 e. The fourth-order valence-electron chi connectivity index (χ4n) is 3.08. The first-order valence-electron chi connectivity index (χ1n) is 9.88. The number of nitrogens with one attached hydrogen (secondary N) is 2. The number of aryl methyl sites for hydroxylation is 2. The molecule has 0 spiro atoms. The maximum absolute atomic E-state index is 12.6. The first-order valence-corrected chi connectivity index (χ1v) is 9.88. The van der Waals surface area contributed by atoms with Crippen LogP contribution in [0.15, 0.2) is 78.9 Å². The summed E-state index contributed by atoms with van der Waals surface area (Å²) in [6.07, 6.45) is 2.03. The summed E-state index contributed by atoms with van der Waals surface area (Å²) in [4.78, 5) is 25.0. The van der Waals surface area contributed by atoms with Crippen LogP contribution in [0.5, 0.6) is 0 Å². The number of benzene rings is 3. The van der Waals surface area contributed by atoms with Crippen LogP contribution in [-0.2, 0) is 17.8 Å². The monoisotopic (exact) mass is 386 g/mol. The molecule has 0 radical (unpaired) electrons. The molecule has 3 aromatic rings. The molecule has 4 nitrogen and oxygen atoms in total. The molecular formula is C25H26N2O2. The van der Waals surface area contributed by atoms with Crippen molar-refractivity contribution in [2.24, 2.45) is 0 Å². The Morgan fingerprint density at radius 1 is 0.793 bits per heavy atom. The molecule has 0 aliphatic carbocycles. The predicted octanol–water partition coefficient (Wildman–Crippen LogP) is 4.89. The Hall–Kier alpha value is -3.40. The Kier molecular flexibility index (Phi) is 7.17. The average molecular weight is 386 g/mol. The Labute approximate surface area is 172 Å². The van der Waals surface area contributed by atoms with E-state index in [1.165, 1.54) is 11.1 Å². The van der Waals surface area contributed by atoms with E-state index < -0.39 is 0 Å². The van der Waals surface area contributed by atoms with Crippen LogP contribution in [0, 0.1) is 6.92 Å². The molecule has 0 unspecified atom stereocenters. The van der Waals surface area contributed by atoms with Crippen molar-refractivity contribution in [2.45, 2.75) is 32.7 Å². The highest BCUT2D eigenvalue weighted by molar-refractivity contribution is 6.03. The van der Waals surface area contributed by atoms with Crippen LogP contribution in [0.4, 0.5) is 5.69 Å². The van der Waals surface area contributed by atoms with E-state index in [-0.39, 0.29) is 11.8 Å². The molecule has 2 N–H and O–H groups in total. The predicted molar refractivity (Wildman–Crippen MR) is 117 cm³/mol. The molecule has 2 amide bonds. The van der Waals surface area contributed by atoms with E-state index in [1.54, 1.807) is 18.2 Å². The molecule has 0 fully saturated rings. The summed E-state index contributed by atoms with van der Waals surface area (Å²) in [5, 5.41) is 5.81. The molecule has 0 saturated heterocycles. The zero-order valence-corrected chi connectivity index (χ0v) is 16.7. The van der Waals surface area contributed by atoms with Crippen molar-refractivity contribution in [2.75, 3.05) is 5.32 Å². The molecule has 3 aromatic carbocycles. The number of carbonyl (C=O) groups excluding carboxylic acids is 2. The Bertz CT molecular complexity index is 950. The van der Waals surface area contributed by atoms with Crippen LogP contribution in [0.25, 0.3) is 0 Å². The van der Waals surface area contributed by atoms with Crippen molar-refractivity contribution in [3.8, 4) is 0 Å². The standard InChI is InChI=1S/C25H26N2O2/c1-19-14-16-21(17-15-19)18-26-25(29)22-11-5-6-12-23(22)27-24(28)13-7-10-20-8-3-2-4-9-20/h2-6,8-9,11-12,14-17H,7,10,13,18H2,1H3,(H,26,29)(H,27,28). The van der Waals surface area contributed by atoms with Crippen LogP contribution in [-0.4, -0.2) is 11.8 Å². The first-order chi connectivity index (χ1) is 14.1. The van der Waals surface area contributed by atoms with E-state index in [0.717, 1.165) is 18.4 Å². The SMILES string of the molecule is Cc1ccc(CNC(=O)c2ccccc2NC(=O)CCCc2ccccc2)cc1. The summed E-state index contributed by atoms with van der Waals surface area (Å²) in [5.41, 5.74) is 4.44. The topological polar surface area (TPSA) is 58.2 Å². The summed E-state index contributed by atoms with van der Waals surface area (Å²) < 4.78 is 0. The third-order valence-corrected chi connectivity index (χ3v) is 4.73. The maximum atomic E-state index is 12.6. The molecule has 148 valence electrons. The number of rotatable bonds is 8. The van der Waals surface area contributed by atoms with E-state index in [4.69, 9.17) is 0 Å². The highest BCUT2D eigenvalue weighted by atomic mass is 16.2. The van der Waals surface area contributed by atoms with Crippen molar-refractivity contribution in [3.63, 3.8) is 0 Å². The van der Waals surface area contributed by atoms with Crippen LogP contribution >= 0.6 is 0 Å². The van der Waals surface area contributed by atoms with Gasteiger partial charge in [-0.05, 0) is 43.0 Å². The fourth-order valence-corrected chi connectivity index (χ4v) is 3.08. The summed E-state index contributed by atoms with van der Waals surface area (Å²) in [6, 6.07) is 25.2. The quantitative estimate of drug-likeness (QED) is 0.579. The number of carbonyl (C=O) groups is 2. The summed E-state index contributed by atoms with van der Waals surface area (Å²) in [6.45, 7) is 2.47. The molecule has 0 atom stereocenters. The number of anilines is 1. The normalized spacial score (nSPS) is 10.4. The van der Waals surface area contributed by atoms with Gasteiger partial charge in [-0.2, -0.15) is 0 Å². The largest absolute Gasteiger partial charge is 0.348 e. The number of hydrogen-bond donors (Lipinski definition) is 2. The third kappa shape index (κ3) is 6.32. The summed E-state index contributed by atoms with van der Waals surface area (Å²) in [7, 11) is 0. The van der Waals surface area contributed by atoms with Gasteiger partial charge in [0.15, 0.2) is 0 Å². The highest BCUT2D eigenvalue weighted by Crippen LogP contribution is 2.16. The van der Waals surface area contributed by atoms with Crippen LogP contribution in [0.1, 0.15) is 39.9 Å². The second-order valence-electron chi connectivity index (χ2n) is 7.10. The number of amides is 2. The van der Waals surface area contributed by atoms with Crippen molar-refractivity contribution in [3.05, 3.63) is 101 Å². The minimum absolute atomic E-state index is 0.0836. The van der Waals surface area contributed by atoms with E-state index >= 15 is 0 Å². The molecule has 4 heteroatoms. The van der Waals surface area contributed by atoms with Gasteiger partial charge >= 0.3 is 0 Å². The van der Waals surface area contributed by atoms with E-state index in [0.29, 0.717) is 24.2 Å². The number of hydrogen-bond acceptors (Lipinski definition) is 2. The molecule has 0 aromatic heterocycles. The number of para-hydroxylation sites is 1. The zero-order chi connectivity index (χ0) is 20.5.